The predicted molar refractivity (Wildman–Crippen MR) is 190 cm³/mol. The topological polar surface area (TPSA) is 110 Å². The van der Waals surface area contributed by atoms with Crippen LogP contribution in [-0.2, 0) is 23.9 Å². The quantitative estimate of drug-likeness (QED) is 0.280. The highest BCUT2D eigenvalue weighted by atomic mass is 16.5. The summed E-state index contributed by atoms with van der Waals surface area (Å²) < 4.78 is 6.14. The van der Waals surface area contributed by atoms with Crippen LogP contribution in [0.15, 0.2) is 41.5 Å². The summed E-state index contributed by atoms with van der Waals surface area (Å²) in [6.45, 7) is 19.4. The van der Waals surface area contributed by atoms with E-state index in [0.717, 1.165) is 61.8 Å². The van der Waals surface area contributed by atoms with Gasteiger partial charge in [0.25, 0.3) is 0 Å². The summed E-state index contributed by atoms with van der Waals surface area (Å²) in [5.41, 5.74) is 0.644. The van der Waals surface area contributed by atoms with E-state index in [1.807, 2.05) is 30.3 Å². The Morgan fingerprint density at radius 3 is 2.20 bits per heavy atom. The van der Waals surface area contributed by atoms with Crippen LogP contribution in [0.2, 0.25) is 0 Å². The monoisotopic (exact) mass is 673 g/mol. The normalized spacial score (nSPS) is 38.2. The Labute approximate surface area is 293 Å². The lowest BCUT2D eigenvalue weighted by atomic mass is 9.33. The summed E-state index contributed by atoms with van der Waals surface area (Å²) >= 11 is 0. The maximum absolute atomic E-state index is 14.4. The Morgan fingerprint density at radius 1 is 0.898 bits per heavy atom. The van der Waals surface area contributed by atoms with Gasteiger partial charge in [0.1, 0.15) is 6.10 Å². The van der Waals surface area contributed by atoms with Crippen LogP contribution in [0.4, 0.5) is 5.69 Å². The number of ketones is 1. The number of carbonyl (C=O) groups excluding carboxylic acids is 3. The second-order valence-electron chi connectivity index (χ2n) is 18.8. The minimum Gasteiger partial charge on any atom is -0.481 e. The number of nitrogens with one attached hydrogen (secondary N) is 1. The second kappa shape index (κ2) is 11.8. The number of aliphatic carboxylic acids is 1. The van der Waals surface area contributed by atoms with Gasteiger partial charge in [-0.05, 0) is 128 Å². The predicted octanol–water partition coefficient (Wildman–Crippen LogP) is 9.02. The average molecular weight is 674 g/mol. The molecule has 49 heavy (non-hydrogen) atoms. The lowest BCUT2D eigenvalue weighted by molar-refractivity contribution is -0.233. The van der Waals surface area contributed by atoms with Gasteiger partial charge in [-0.1, -0.05) is 66.7 Å². The van der Waals surface area contributed by atoms with Gasteiger partial charge in [0, 0.05) is 17.5 Å². The second-order valence-corrected chi connectivity index (χ2v) is 18.8. The molecule has 0 heterocycles. The van der Waals surface area contributed by atoms with E-state index >= 15 is 0 Å². The summed E-state index contributed by atoms with van der Waals surface area (Å²) in [7, 11) is 0. The number of fused-ring (bicyclic) bond motifs is 7. The molecule has 5 aliphatic rings. The van der Waals surface area contributed by atoms with Gasteiger partial charge in [-0.15, -0.1) is 0 Å². The Kier molecular flexibility index (Phi) is 8.63. The van der Waals surface area contributed by atoms with Crippen LogP contribution in [0.5, 0.6) is 0 Å². The molecule has 7 heteroatoms. The molecule has 0 aliphatic heterocycles. The zero-order valence-electron chi connectivity index (χ0n) is 31.3. The third-order valence-corrected chi connectivity index (χ3v) is 15.3. The number of anilines is 1. The zero-order valence-corrected chi connectivity index (χ0v) is 31.3. The molecule has 8 atom stereocenters. The van der Waals surface area contributed by atoms with Crippen molar-refractivity contribution in [3.63, 3.8) is 0 Å². The van der Waals surface area contributed by atoms with Crippen LogP contribution in [0, 0.1) is 56.2 Å². The largest absolute Gasteiger partial charge is 0.481 e. The molecule has 5 aliphatic carbocycles. The standard InChI is InChI=1S/C42H59NO6/c1-25(2)33-28(44)23-42(35(46)43-26-13-11-10-12-14-26)22-21-40(8)27(34(33)42)15-16-30-39(7)19-18-31(49-32(45)24-37(3,4)36(47)48)38(5,6)29(39)17-20-41(30,40)9/h10-14,25,27,29-31H,15-24H2,1-9H3,(H,43,46)(H,47,48)/t27-,29?,30?,31+,39+,40-,41-,42-/m1/s1. The number of esters is 1. The van der Waals surface area contributed by atoms with E-state index in [4.69, 9.17) is 4.74 Å². The molecule has 0 radical (unpaired) electrons. The fraction of sp³-hybridized carbons (Fsp3) is 0.714. The van der Waals surface area contributed by atoms with Crippen LogP contribution in [0.25, 0.3) is 0 Å². The number of amides is 1. The molecule has 4 saturated carbocycles. The van der Waals surface area contributed by atoms with E-state index in [1.165, 1.54) is 0 Å². The van der Waals surface area contributed by atoms with Crippen molar-refractivity contribution < 1.29 is 29.0 Å². The van der Waals surface area contributed by atoms with Gasteiger partial charge in [0.2, 0.25) is 5.91 Å². The number of carbonyl (C=O) groups is 4. The first-order chi connectivity index (χ1) is 22.7. The van der Waals surface area contributed by atoms with Crippen molar-refractivity contribution in [2.45, 2.75) is 133 Å². The number of carboxylic acid groups (broad SMARTS) is 1. The van der Waals surface area contributed by atoms with E-state index in [1.54, 1.807) is 13.8 Å². The van der Waals surface area contributed by atoms with Crippen LogP contribution in [0.3, 0.4) is 0 Å². The van der Waals surface area contributed by atoms with Gasteiger partial charge in [0.05, 0.1) is 17.3 Å². The molecule has 7 nitrogen and oxygen atoms in total. The molecule has 2 N–H and O–H groups in total. The Morgan fingerprint density at radius 2 is 1.57 bits per heavy atom. The van der Waals surface area contributed by atoms with Crippen molar-refractivity contribution in [3.8, 4) is 0 Å². The van der Waals surface area contributed by atoms with Crippen molar-refractivity contribution >= 4 is 29.3 Å². The van der Waals surface area contributed by atoms with Gasteiger partial charge in [-0.2, -0.15) is 0 Å². The van der Waals surface area contributed by atoms with E-state index < -0.39 is 22.8 Å². The minimum absolute atomic E-state index is 0.0229. The molecule has 2 unspecified atom stereocenters. The van der Waals surface area contributed by atoms with Gasteiger partial charge >= 0.3 is 11.9 Å². The molecule has 1 aromatic carbocycles. The van der Waals surface area contributed by atoms with Crippen LogP contribution >= 0.6 is 0 Å². The van der Waals surface area contributed by atoms with Crippen molar-refractivity contribution in [3.05, 3.63) is 41.5 Å². The molecule has 0 spiro atoms. The van der Waals surface area contributed by atoms with Gasteiger partial charge in [-0.25, -0.2) is 0 Å². The van der Waals surface area contributed by atoms with Crippen molar-refractivity contribution in [1.82, 2.24) is 0 Å². The number of benzene rings is 1. The first kappa shape index (κ1) is 35.9. The number of ether oxygens (including phenoxy) is 1. The molecule has 4 fully saturated rings. The minimum atomic E-state index is -1.17. The number of para-hydroxylation sites is 1. The molecule has 0 aromatic heterocycles. The van der Waals surface area contributed by atoms with E-state index in [2.05, 4.69) is 53.8 Å². The molecular weight excluding hydrogens is 614 g/mol. The first-order valence-corrected chi connectivity index (χ1v) is 18.8. The molecule has 1 amide bonds. The SMILES string of the molecule is CC(C)C1=C2[C@H]3CCC4[C@@]5(C)CC[C@H](OC(=O)CC(C)(C)C(=O)O)C(C)(C)C5CC[C@@]4(C)[C@]3(C)CC[C@@]2(C(=O)Nc2ccccc2)CC1=O. The third-order valence-electron chi connectivity index (χ3n) is 15.3. The summed E-state index contributed by atoms with van der Waals surface area (Å²) in [5.74, 6) is -0.227. The van der Waals surface area contributed by atoms with E-state index in [9.17, 15) is 24.3 Å². The summed E-state index contributed by atoms with van der Waals surface area (Å²) in [6, 6.07) is 9.65. The molecule has 0 bridgehead atoms. The number of allylic oxidation sites excluding steroid dienone is 1. The Hall–Kier alpha value is -2.96. The zero-order chi connectivity index (χ0) is 35.9. The smallest absolute Gasteiger partial charge is 0.309 e. The van der Waals surface area contributed by atoms with Crippen LogP contribution < -0.4 is 5.32 Å². The molecule has 6 rings (SSSR count). The third kappa shape index (κ3) is 5.25. The van der Waals surface area contributed by atoms with Crippen LogP contribution in [0.1, 0.15) is 127 Å². The van der Waals surface area contributed by atoms with Gasteiger partial charge in [-0.3, -0.25) is 19.2 Å². The number of rotatable bonds is 7. The fourth-order valence-corrected chi connectivity index (χ4v) is 12.5. The maximum Gasteiger partial charge on any atom is 0.309 e. The van der Waals surface area contributed by atoms with Crippen LogP contribution in [-0.4, -0.2) is 34.8 Å². The number of hydrogen-bond donors (Lipinski definition) is 2. The molecule has 268 valence electrons. The van der Waals surface area contributed by atoms with Crippen molar-refractivity contribution in [2.75, 3.05) is 5.32 Å². The fourth-order valence-electron chi connectivity index (χ4n) is 12.5. The number of carboxylic acids is 1. The first-order valence-electron chi connectivity index (χ1n) is 18.8. The van der Waals surface area contributed by atoms with Gasteiger partial charge < -0.3 is 15.2 Å². The van der Waals surface area contributed by atoms with Crippen molar-refractivity contribution in [1.29, 1.82) is 0 Å². The summed E-state index contributed by atoms with van der Waals surface area (Å²) in [6.07, 6.45) is 7.34. The van der Waals surface area contributed by atoms with E-state index in [0.29, 0.717) is 18.3 Å². The molecule has 0 saturated heterocycles. The lowest BCUT2D eigenvalue weighted by Crippen LogP contribution is -2.66. The number of Topliss-reactive ketones (excluding diaryl/α,β-unsaturated/α-hetero) is 1. The lowest BCUT2D eigenvalue weighted by Gasteiger charge is -2.72. The average Bonchev–Trinajstić information content (AvgIpc) is 3.32. The highest BCUT2D eigenvalue weighted by molar-refractivity contribution is 6.10. The highest BCUT2D eigenvalue weighted by Gasteiger charge is 2.71. The summed E-state index contributed by atoms with van der Waals surface area (Å²) in [4.78, 5) is 53.1. The Balaban J connectivity index is 1.31. The maximum atomic E-state index is 14.4. The molecular formula is C42H59NO6. The number of hydrogen-bond acceptors (Lipinski definition) is 5. The van der Waals surface area contributed by atoms with Crippen molar-refractivity contribution in [2.24, 2.45) is 56.2 Å². The Bertz CT molecular complexity index is 1570. The van der Waals surface area contributed by atoms with E-state index in [-0.39, 0.29) is 64.1 Å². The molecule has 1 aromatic rings. The van der Waals surface area contributed by atoms with Gasteiger partial charge in [0.15, 0.2) is 5.78 Å². The summed E-state index contributed by atoms with van der Waals surface area (Å²) in [5, 5.41) is 12.8. The highest BCUT2D eigenvalue weighted by Crippen LogP contribution is 2.76.